The number of aromatic amines is 1. The Morgan fingerprint density at radius 2 is 2.27 bits per heavy atom. The number of nitrogens with zero attached hydrogens (tertiary/aromatic N) is 5. The van der Waals surface area contributed by atoms with Crippen LogP contribution < -0.4 is 0 Å². The number of rotatable bonds is 5. The summed E-state index contributed by atoms with van der Waals surface area (Å²) < 4.78 is 2.29. The van der Waals surface area contributed by atoms with E-state index in [-0.39, 0.29) is 11.8 Å². The number of nitrogens with one attached hydrogen (secondary N) is 1. The summed E-state index contributed by atoms with van der Waals surface area (Å²) in [5.74, 6) is 1.75. The third kappa shape index (κ3) is 3.41. The van der Waals surface area contributed by atoms with Crippen molar-refractivity contribution in [3.8, 4) is 10.6 Å². The number of carbonyl (C=O) groups is 1. The van der Waals surface area contributed by atoms with Crippen LogP contribution in [0.3, 0.4) is 0 Å². The molecule has 30 heavy (non-hydrogen) atoms. The van der Waals surface area contributed by atoms with E-state index in [1.807, 2.05) is 40.7 Å². The number of likely N-dealkylation sites (tertiary alicyclic amines) is 1. The number of carbonyl (C=O) groups excluding carboxylic acids is 1. The van der Waals surface area contributed by atoms with Crippen LogP contribution >= 0.6 is 11.3 Å². The molecule has 1 aliphatic heterocycles. The highest BCUT2D eigenvalue weighted by atomic mass is 32.1. The van der Waals surface area contributed by atoms with Gasteiger partial charge in [0.1, 0.15) is 5.82 Å². The molecule has 8 heteroatoms. The summed E-state index contributed by atoms with van der Waals surface area (Å²) in [5, 5.41) is 9.28. The number of amides is 1. The van der Waals surface area contributed by atoms with Crippen LogP contribution in [-0.4, -0.2) is 48.6 Å². The Balaban J connectivity index is 1.38. The maximum Gasteiger partial charge on any atom is 0.274 e. The molecule has 5 rings (SSSR count). The van der Waals surface area contributed by atoms with Gasteiger partial charge in [-0.1, -0.05) is 19.9 Å². The van der Waals surface area contributed by atoms with Crippen LogP contribution in [0.2, 0.25) is 0 Å². The molecule has 5 heterocycles. The zero-order valence-electron chi connectivity index (χ0n) is 17.1. The monoisotopic (exact) mass is 420 g/mol. The second-order valence-corrected chi connectivity index (χ2v) is 9.17. The second-order valence-electron chi connectivity index (χ2n) is 8.22. The van der Waals surface area contributed by atoms with E-state index in [1.54, 1.807) is 17.5 Å². The Hall–Kier alpha value is -3.00. The molecular weight excluding hydrogens is 396 g/mol. The van der Waals surface area contributed by atoms with Gasteiger partial charge in [0.25, 0.3) is 5.91 Å². The Morgan fingerprint density at radius 1 is 1.37 bits per heavy atom. The molecule has 1 amide bonds. The standard InChI is InChI=1S/C22H24N6OS/c1-14(2)12-28-19-11-23-7-5-16(19)24-21(28)15-6-8-27(13-15)22(29)18-10-17(25-26-18)20-4-3-9-30-20/h3-5,7,9-11,14-15H,6,8,12-13H2,1-2H3,(H,25,26). The lowest BCUT2D eigenvalue weighted by Crippen LogP contribution is -2.29. The molecule has 154 valence electrons. The average Bonchev–Trinajstić information content (AvgIpc) is 3.53. The van der Waals surface area contributed by atoms with Crippen LogP contribution in [0, 0.1) is 5.92 Å². The van der Waals surface area contributed by atoms with E-state index >= 15 is 0 Å². The Kier molecular flexibility index (Phi) is 4.86. The zero-order chi connectivity index (χ0) is 20.7. The van der Waals surface area contributed by atoms with E-state index < -0.39 is 0 Å². The SMILES string of the molecule is CC(C)Cn1c(C2CCN(C(=O)c3cc(-c4cccs4)[nH]n3)C2)nc2ccncc21. The summed E-state index contributed by atoms with van der Waals surface area (Å²) in [6, 6.07) is 7.82. The molecule has 1 N–H and O–H groups in total. The van der Waals surface area contributed by atoms with Crippen molar-refractivity contribution in [2.75, 3.05) is 13.1 Å². The minimum Gasteiger partial charge on any atom is -0.336 e. The molecule has 4 aromatic heterocycles. The van der Waals surface area contributed by atoms with Crippen molar-refractivity contribution in [2.45, 2.75) is 32.7 Å². The maximum absolute atomic E-state index is 13.1. The number of hydrogen-bond donors (Lipinski definition) is 1. The molecule has 1 saturated heterocycles. The van der Waals surface area contributed by atoms with Crippen molar-refractivity contribution in [3.63, 3.8) is 0 Å². The minimum absolute atomic E-state index is 0.0234. The van der Waals surface area contributed by atoms with Crippen LogP contribution in [0.4, 0.5) is 0 Å². The van der Waals surface area contributed by atoms with E-state index in [0.29, 0.717) is 24.7 Å². The first-order valence-electron chi connectivity index (χ1n) is 10.3. The lowest BCUT2D eigenvalue weighted by molar-refractivity contribution is 0.0784. The fraction of sp³-hybridized carbons (Fsp3) is 0.364. The first kappa shape index (κ1) is 19.0. The molecule has 0 saturated carbocycles. The number of pyridine rings is 1. The van der Waals surface area contributed by atoms with Gasteiger partial charge in [-0.25, -0.2) is 4.98 Å². The molecule has 0 bridgehead atoms. The van der Waals surface area contributed by atoms with Crippen LogP contribution in [-0.2, 0) is 6.54 Å². The Labute approximate surface area is 178 Å². The molecule has 0 aromatic carbocycles. The van der Waals surface area contributed by atoms with E-state index in [2.05, 4.69) is 33.6 Å². The first-order valence-corrected chi connectivity index (χ1v) is 11.2. The summed E-state index contributed by atoms with van der Waals surface area (Å²) >= 11 is 1.63. The molecule has 1 unspecified atom stereocenters. The minimum atomic E-state index is -0.0234. The summed E-state index contributed by atoms with van der Waals surface area (Å²) in [6.45, 7) is 6.69. The van der Waals surface area contributed by atoms with E-state index in [0.717, 1.165) is 40.4 Å². The highest BCUT2D eigenvalue weighted by Crippen LogP contribution is 2.31. The molecule has 0 radical (unpaired) electrons. The fourth-order valence-electron chi connectivity index (χ4n) is 4.16. The van der Waals surface area contributed by atoms with E-state index in [4.69, 9.17) is 4.98 Å². The average molecular weight is 421 g/mol. The Morgan fingerprint density at radius 3 is 3.07 bits per heavy atom. The first-order chi connectivity index (χ1) is 14.6. The van der Waals surface area contributed by atoms with Crippen molar-refractivity contribution < 1.29 is 4.79 Å². The van der Waals surface area contributed by atoms with Crippen molar-refractivity contribution in [1.82, 2.24) is 29.6 Å². The van der Waals surface area contributed by atoms with Crippen molar-refractivity contribution in [1.29, 1.82) is 0 Å². The molecule has 1 fully saturated rings. The van der Waals surface area contributed by atoms with Gasteiger partial charge in [0.15, 0.2) is 5.69 Å². The number of imidazole rings is 1. The summed E-state index contributed by atoms with van der Waals surface area (Å²) in [4.78, 5) is 25.2. The van der Waals surface area contributed by atoms with E-state index in [1.165, 1.54) is 0 Å². The van der Waals surface area contributed by atoms with Gasteiger partial charge >= 0.3 is 0 Å². The summed E-state index contributed by atoms with van der Waals surface area (Å²) in [5.41, 5.74) is 3.39. The number of H-pyrrole nitrogens is 1. The molecule has 7 nitrogen and oxygen atoms in total. The fourth-order valence-corrected chi connectivity index (χ4v) is 4.86. The molecular formula is C22H24N6OS. The third-order valence-corrected chi connectivity index (χ3v) is 6.46. The number of hydrogen-bond acceptors (Lipinski definition) is 5. The number of fused-ring (bicyclic) bond motifs is 1. The van der Waals surface area contributed by atoms with Crippen molar-refractivity contribution >= 4 is 28.3 Å². The van der Waals surface area contributed by atoms with Crippen LogP contribution in [0.5, 0.6) is 0 Å². The summed E-state index contributed by atoms with van der Waals surface area (Å²) in [7, 11) is 0. The molecule has 0 spiro atoms. The molecule has 1 atom stereocenters. The largest absolute Gasteiger partial charge is 0.336 e. The third-order valence-electron chi connectivity index (χ3n) is 5.55. The number of thiophene rings is 1. The molecule has 4 aromatic rings. The zero-order valence-corrected chi connectivity index (χ0v) is 17.9. The van der Waals surface area contributed by atoms with Gasteiger partial charge in [-0.3, -0.25) is 14.9 Å². The van der Waals surface area contributed by atoms with Gasteiger partial charge in [0, 0.05) is 31.7 Å². The van der Waals surface area contributed by atoms with Gasteiger partial charge in [-0.05, 0) is 35.9 Å². The van der Waals surface area contributed by atoms with Crippen molar-refractivity contribution in [2.24, 2.45) is 5.92 Å². The van der Waals surface area contributed by atoms with Crippen LogP contribution in [0.1, 0.15) is 42.5 Å². The van der Waals surface area contributed by atoms with Gasteiger partial charge < -0.3 is 9.47 Å². The van der Waals surface area contributed by atoms with Gasteiger partial charge in [-0.15, -0.1) is 11.3 Å². The van der Waals surface area contributed by atoms with Gasteiger partial charge in [0.05, 0.1) is 27.8 Å². The maximum atomic E-state index is 13.1. The highest BCUT2D eigenvalue weighted by molar-refractivity contribution is 7.13. The predicted molar refractivity (Wildman–Crippen MR) is 118 cm³/mol. The molecule has 0 aliphatic carbocycles. The van der Waals surface area contributed by atoms with Crippen LogP contribution in [0.25, 0.3) is 21.6 Å². The number of aromatic nitrogens is 5. The van der Waals surface area contributed by atoms with Crippen LogP contribution in [0.15, 0.2) is 42.0 Å². The quantitative estimate of drug-likeness (QED) is 0.526. The smallest absolute Gasteiger partial charge is 0.274 e. The lowest BCUT2D eigenvalue weighted by Gasteiger charge is -2.17. The predicted octanol–water partition coefficient (Wildman–Crippen LogP) is 4.17. The van der Waals surface area contributed by atoms with Gasteiger partial charge in [-0.2, -0.15) is 5.10 Å². The topological polar surface area (TPSA) is 79.7 Å². The second kappa shape index (κ2) is 7.68. The van der Waals surface area contributed by atoms with Crippen molar-refractivity contribution in [3.05, 3.63) is 53.6 Å². The lowest BCUT2D eigenvalue weighted by atomic mass is 10.1. The molecule has 1 aliphatic rings. The highest BCUT2D eigenvalue weighted by Gasteiger charge is 2.32. The summed E-state index contributed by atoms with van der Waals surface area (Å²) in [6.07, 6.45) is 4.58. The van der Waals surface area contributed by atoms with E-state index in [9.17, 15) is 4.79 Å². The Bertz CT molecular complexity index is 1180. The normalized spacial score (nSPS) is 16.8. The van der Waals surface area contributed by atoms with Gasteiger partial charge in [0.2, 0.25) is 0 Å².